The minimum absolute atomic E-state index is 0.0453. The third-order valence-electron chi connectivity index (χ3n) is 3.68. The number of fused-ring (bicyclic) bond motifs is 2. The summed E-state index contributed by atoms with van der Waals surface area (Å²) in [5.74, 6) is 0.517. The van der Waals surface area contributed by atoms with E-state index >= 15 is 0 Å². The predicted molar refractivity (Wildman–Crippen MR) is 91.1 cm³/mol. The molecule has 0 atom stereocenters. The van der Waals surface area contributed by atoms with E-state index in [9.17, 15) is 4.79 Å². The molecule has 2 aromatic carbocycles. The Kier molecular flexibility index (Phi) is 4.11. The molecule has 126 valence electrons. The second-order valence-electron chi connectivity index (χ2n) is 5.42. The van der Waals surface area contributed by atoms with Crippen LogP contribution in [0.4, 0.5) is 0 Å². The van der Waals surface area contributed by atoms with Crippen LogP contribution in [0.15, 0.2) is 42.6 Å². The number of benzene rings is 2. The van der Waals surface area contributed by atoms with Crippen LogP contribution in [0, 0.1) is 0 Å². The number of hydrogen-bond acceptors (Lipinski definition) is 6. The van der Waals surface area contributed by atoms with Crippen molar-refractivity contribution in [1.82, 2.24) is 9.97 Å². The summed E-state index contributed by atoms with van der Waals surface area (Å²) in [6.07, 6.45) is 1.40. The van der Waals surface area contributed by atoms with Crippen molar-refractivity contribution in [2.75, 3.05) is 13.2 Å². The van der Waals surface area contributed by atoms with Crippen LogP contribution in [-0.2, 0) is 11.3 Å². The van der Waals surface area contributed by atoms with E-state index < -0.39 is 5.97 Å². The number of ether oxygens (including phenoxy) is 3. The van der Waals surface area contributed by atoms with Gasteiger partial charge in [0.25, 0.3) is 0 Å². The van der Waals surface area contributed by atoms with Gasteiger partial charge in [-0.25, -0.2) is 9.78 Å². The molecular formula is C18H13ClN2O4. The van der Waals surface area contributed by atoms with Crippen LogP contribution in [0.1, 0.15) is 16.1 Å². The molecule has 0 bridgehead atoms. The van der Waals surface area contributed by atoms with Crippen molar-refractivity contribution >= 4 is 28.6 Å². The van der Waals surface area contributed by atoms with Crippen molar-refractivity contribution in [2.24, 2.45) is 0 Å². The third-order valence-corrected chi connectivity index (χ3v) is 3.96. The number of aromatic nitrogens is 2. The van der Waals surface area contributed by atoms with Gasteiger partial charge < -0.3 is 14.2 Å². The van der Waals surface area contributed by atoms with Gasteiger partial charge in [-0.1, -0.05) is 23.7 Å². The van der Waals surface area contributed by atoms with Crippen molar-refractivity contribution in [3.8, 4) is 11.5 Å². The number of para-hydroxylation sites is 2. The molecule has 1 aromatic heterocycles. The number of carbonyl (C=O) groups is 1. The average Bonchev–Trinajstić information content (AvgIpc) is 2.66. The van der Waals surface area contributed by atoms with Gasteiger partial charge in [-0.2, -0.15) is 0 Å². The summed E-state index contributed by atoms with van der Waals surface area (Å²) in [4.78, 5) is 20.7. The summed E-state index contributed by atoms with van der Waals surface area (Å²) < 4.78 is 16.3. The topological polar surface area (TPSA) is 70.5 Å². The minimum Gasteiger partial charge on any atom is -0.486 e. The highest BCUT2D eigenvalue weighted by Gasteiger charge is 2.18. The second kappa shape index (κ2) is 6.57. The van der Waals surface area contributed by atoms with Gasteiger partial charge in [-0.15, -0.1) is 0 Å². The Morgan fingerprint density at radius 1 is 1.16 bits per heavy atom. The zero-order valence-electron chi connectivity index (χ0n) is 13.1. The van der Waals surface area contributed by atoms with E-state index in [2.05, 4.69) is 9.97 Å². The van der Waals surface area contributed by atoms with Crippen molar-refractivity contribution in [2.45, 2.75) is 6.61 Å². The van der Waals surface area contributed by atoms with Gasteiger partial charge in [-0.3, -0.25) is 4.98 Å². The summed E-state index contributed by atoms with van der Waals surface area (Å²) in [6, 6.07) is 10.8. The molecule has 0 fully saturated rings. The van der Waals surface area contributed by atoms with Gasteiger partial charge in [0.05, 0.1) is 22.3 Å². The molecule has 0 saturated heterocycles. The van der Waals surface area contributed by atoms with Gasteiger partial charge in [-0.05, 0) is 29.8 Å². The Labute approximate surface area is 148 Å². The van der Waals surface area contributed by atoms with Crippen LogP contribution in [-0.4, -0.2) is 29.2 Å². The summed E-state index contributed by atoms with van der Waals surface area (Å²) in [5, 5.41) is 0.425. The molecule has 0 radical (unpaired) electrons. The molecule has 3 aromatic rings. The molecule has 0 saturated carbocycles. The van der Waals surface area contributed by atoms with Crippen LogP contribution < -0.4 is 9.47 Å². The second-order valence-corrected chi connectivity index (χ2v) is 5.83. The Balaban J connectivity index is 1.50. The highest BCUT2D eigenvalue weighted by atomic mass is 35.5. The molecule has 6 nitrogen and oxygen atoms in total. The van der Waals surface area contributed by atoms with Gasteiger partial charge in [0.15, 0.2) is 17.2 Å². The number of hydrogen-bond donors (Lipinski definition) is 0. The van der Waals surface area contributed by atoms with E-state index in [1.807, 2.05) is 18.2 Å². The van der Waals surface area contributed by atoms with Gasteiger partial charge in [0, 0.05) is 0 Å². The van der Waals surface area contributed by atoms with Crippen LogP contribution >= 0.6 is 11.6 Å². The summed E-state index contributed by atoms with van der Waals surface area (Å²) in [7, 11) is 0. The zero-order chi connectivity index (χ0) is 17.2. The maximum absolute atomic E-state index is 12.2. The molecule has 1 aliphatic rings. The van der Waals surface area contributed by atoms with Gasteiger partial charge in [0.1, 0.15) is 19.8 Å². The number of esters is 1. The van der Waals surface area contributed by atoms with Crippen molar-refractivity contribution in [3.63, 3.8) is 0 Å². The van der Waals surface area contributed by atoms with E-state index in [1.165, 1.54) is 6.20 Å². The third kappa shape index (κ3) is 3.21. The van der Waals surface area contributed by atoms with Crippen LogP contribution in [0.5, 0.6) is 11.5 Å². The van der Waals surface area contributed by atoms with E-state index in [1.54, 1.807) is 18.2 Å². The van der Waals surface area contributed by atoms with E-state index in [0.29, 0.717) is 40.8 Å². The Hall–Kier alpha value is -2.86. The van der Waals surface area contributed by atoms with Gasteiger partial charge >= 0.3 is 5.97 Å². The van der Waals surface area contributed by atoms with Crippen LogP contribution in [0.25, 0.3) is 11.0 Å². The lowest BCUT2D eigenvalue weighted by atomic mass is 10.2. The molecule has 0 unspecified atom stereocenters. The SMILES string of the molecule is O=C(OCc1cc(Cl)c2c(c1)OCCO2)c1cnc2ccccc2n1. The highest BCUT2D eigenvalue weighted by molar-refractivity contribution is 6.32. The first-order valence-corrected chi connectivity index (χ1v) is 8.05. The number of rotatable bonds is 3. The molecule has 1 aliphatic heterocycles. The smallest absolute Gasteiger partial charge is 0.358 e. The average molecular weight is 357 g/mol. The summed E-state index contributed by atoms with van der Waals surface area (Å²) in [6.45, 7) is 0.963. The monoisotopic (exact) mass is 356 g/mol. The normalized spacial score (nSPS) is 12.8. The number of carbonyl (C=O) groups excluding carboxylic acids is 1. The quantitative estimate of drug-likeness (QED) is 0.670. The lowest BCUT2D eigenvalue weighted by Gasteiger charge is -2.20. The Bertz CT molecular complexity index is 961. The zero-order valence-corrected chi connectivity index (χ0v) is 13.8. The first kappa shape index (κ1) is 15.7. The van der Waals surface area contributed by atoms with Crippen LogP contribution in [0.3, 0.4) is 0 Å². The Morgan fingerprint density at radius 3 is 2.84 bits per heavy atom. The maximum atomic E-state index is 12.2. The molecule has 25 heavy (non-hydrogen) atoms. The molecule has 0 aliphatic carbocycles. The molecule has 2 heterocycles. The molecule has 0 N–H and O–H groups in total. The first-order valence-electron chi connectivity index (χ1n) is 7.67. The predicted octanol–water partition coefficient (Wildman–Crippen LogP) is 3.41. The highest BCUT2D eigenvalue weighted by Crippen LogP contribution is 2.38. The maximum Gasteiger partial charge on any atom is 0.358 e. The molecule has 4 rings (SSSR count). The van der Waals surface area contributed by atoms with Crippen LogP contribution in [0.2, 0.25) is 5.02 Å². The fraction of sp³-hybridized carbons (Fsp3) is 0.167. The molecule has 0 spiro atoms. The lowest BCUT2D eigenvalue weighted by molar-refractivity contribution is 0.0465. The lowest BCUT2D eigenvalue weighted by Crippen LogP contribution is -2.16. The van der Waals surface area contributed by atoms with E-state index in [-0.39, 0.29) is 12.3 Å². The first-order chi connectivity index (χ1) is 12.2. The minimum atomic E-state index is -0.552. The fourth-order valence-electron chi connectivity index (χ4n) is 2.53. The van der Waals surface area contributed by atoms with Gasteiger partial charge in [0.2, 0.25) is 0 Å². The Morgan fingerprint density at radius 2 is 1.96 bits per heavy atom. The largest absolute Gasteiger partial charge is 0.486 e. The summed E-state index contributed by atoms with van der Waals surface area (Å²) in [5.41, 5.74) is 2.22. The number of halogens is 1. The van der Waals surface area contributed by atoms with E-state index in [0.717, 1.165) is 5.52 Å². The van der Waals surface area contributed by atoms with Crippen molar-refractivity contribution in [1.29, 1.82) is 0 Å². The number of nitrogens with zero attached hydrogens (tertiary/aromatic N) is 2. The van der Waals surface area contributed by atoms with E-state index in [4.69, 9.17) is 25.8 Å². The molecular weight excluding hydrogens is 344 g/mol. The standard InChI is InChI=1S/C18H13ClN2O4/c19-12-7-11(8-16-17(12)24-6-5-23-16)10-25-18(22)15-9-20-13-3-1-2-4-14(13)21-15/h1-4,7-9H,5-6,10H2. The molecule has 0 amide bonds. The summed E-state index contributed by atoms with van der Waals surface area (Å²) >= 11 is 6.18. The van der Waals surface area contributed by atoms with Crippen molar-refractivity contribution in [3.05, 3.63) is 58.9 Å². The fourth-order valence-corrected chi connectivity index (χ4v) is 2.81. The molecule has 7 heteroatoms. The van der Waals surface area contributed by atoms with Crippen molar-refractivity contribution < 1.29 is 19.0 Å².